The van der Waals surface area contributed by atoms with Crippen molar-refractivity contribution in [1.82, 2.24) is 20.1 Å². The number of hydrogen-bond acceptors (Lipinski definition) is 8. The van der Waals surface area contributed by atoms with E-state index >= 15 is 0 Å². The molecular formula is C17H20N6O4S. The van der Waals surface area contributed by atoms with Crippen molar-refractivity contribution in [2.24, 2.45) is 0 Å². The SMILES string of the molecule is Cc1nc(S/C(=C/c2cc([N+](=O)[O-])ccc2N2CCN(C)CC2)C(=O)O)n[nH]1. The Morgan fingerprint density at radius 1 is 1.36 bits per heavy atom. The third-order valence-electron chi connectivity index (χ3n) is 4.34. The van der Waals surface area contributed by atoms with Crippen LogP contribution in [-0.4, -0.2) is 69.3 Å². The Bertz CT molecular complexity index is 920. The van der Waals surface area contributed by atoms with Gasteiger partial charge in [-0.05, 0) is 37.9 Å². The number of aliphatic carboxylic acids is 1. The van der Waals surface area contributed by atoms with Gasteiger partial charge in [0.05, 0.1) is 4.92 Å². The van der Waals surface area contributed by atoms with E-state index in [1.807, 2.05) is 7.05 Å². The molecule has 1 saturated heterocycles. The van der Waals surface area contributed by atoms with Crippen molar-refractivity contribution in [1.29, 1.82) is 0 Å². The van der Waals surface area contributed by atoms with Gasteiger partial charge in [-0.2, -0.15) is 0 Å². The average molecular weight is 404 g/mol. The van der Waals surface area contributed by atoms with Crippen LogP contribution < -0.4 is 4.90 Å². The lowest BCUT2D eigenvalue weighted by Gasteiger charge is -2.34. The lowest BCUT2D eigenvalue weighted by molar-refractivity contribution is -0.384. The fourth-order valence-electron chi connectivity index (χ4n) is 2.85. The quantitative estimate of drug-likeness (QED) is 0.321. The fraction of sp³-hybridized carbons (Fsp3) is 0.353. The molecule has 0 spiro atoms. The Kier molecular flexibility index (Phi) is 5.95. The van der Waals surface area contributed by atoms with E-state index < -0.39 is 10.9 Å². The zero-order valence-electron chi connectivity index (χ0n) is 15.5. The molecular weight excluding hydrogens is 384 g/mol. The lowest BCUT2D eigenvalue weighted by atomic mass is 10.1. The minimum absolute atomic E-state index is 0.0186. The van der Waals surface area contributed by atoms with Gasteiger partial charge in [-0.25, -0.2) is 9.78 Å². The number of aryl methyl sites for hydroxylation is 1. The summed E-state index contributed by atoms with van der Waals surface area (Å²) in [5, 5.41) is 27.7. The number of aromatic amines is 1. The molecule has 1 aromatic carbocycles. The highest BCUT2D eigenvalue weighted by Gasteiger charge is 2.21. The van der Waals surface area contributed by atoms with Gasteiger partial charge >= 0.3 is 5.97 Å². The van der Waals surface area contributed by atoms with Gasteiger partial charge in [0.2, 0.25) is 5.16 Å². The van der Waals surface area contributed by atoms with E-state index in [2.05, 4.69) is 25.0 Å². The molecule has 148 valence electrons. The molecule has 1 aromatic heterocycles. The van der Waals surface area contributed by atoms with Crippen LogP contribution in [-0.2, 0) is 4.79 Å². The number of carboxylic acids is 1. The van der Waals surface area contributed by atoms with E-state index in [9.17, 15) is 20.0 Å². The summed E-state index contributed by atoms with van der Waals surface area (Å²) in [5.41, 5.74) is 1.16. The Balaban J connectivity index is 2.00. The standard InChI is InChI=1S/C17H20N6O4S/c1-11-18-17(20-19-11)28-15(16(24)25)10-12-9-13(23(26)27)3-4-14(12)22-7-5-21(2)6-8-22/h3-4,9-10H,5-8H2,1-2H3,(H,24,25)(H,18,19,20)/b15-10+. The first-order valence-corrected chi connectivity index (χ1v) is 9.39. The van der Waals surface area contributed by atoms with E-state index in [-0.39, 0.29) is 15.7 Å². The summed E-state index contributed by atoms with van der Waals surface area (Å²) in [6.07, 6.45) is 1.44. The first-order chi connectivity index (χ1) is 13.3. The van der Waals surface area contributed by atoms with Gasteiger partial charge < -0.3 is 14.9 Å². The van der Waals surface area contributed by atoms with Crippen LogP contribution >= 0.6 is 11.8 Å². The number of carbonyl (C=O) groups is 1. The van der Waals surface area contributed by atoms with Gasteiger partial charge in [-0.1, -0.05) is 0 Å². The second-order valence-corrected chi connectivity index (χ2v) is 7.42. The number of anilines is 1. The average Bonchev–Trinajstić information content (AvgIpc) is 3.06. The number of nitrogens with one attached hydrogen (secondary N) is 1. The second-order valence-electron chi connectivity index (χ2n) is 6.41. The van der Waals surface area contributed by atoms with Gasteiger partial charge in [-0.3, -0.25) is 15.2 Å². The highest BCUT2D eigenvalue weighted by atomic mass is 32.2. The molecule has 11 heteroatoms. The number of likely N-dealkylation sites (N-methyl/N-ethyl adjacent to an activating group) is 1. The van der Waals surface area contributed by atoms with E-state index in [1.165, 1.54) is 18.2 Å². The molecule has 0 radical (unpaired) electrons. The smallest absolute Gasteiger partial charge is 0.342 e. The molecule has 0 atom stereocenters. The van der Waals surface area contributed by atoms with Crippen LogP contribution in [0, 0.1) is 17.0 Å². The van der Waals surface area contributed by atoms with Crippen molar-refractivity contribution in [2.45, 2.75) is 12.1 Å². The van der Waals surface area contributed by atoms with Crippen molar-refractivity contribution >= 4 is 35.2 Å². The van der Waals surface area contributed by atoms with Crippen LogP contribution in [0.15, 0.2) is 28.3 Å². The van der Waals surface area contributed by atoms with Crippen molar-refractivity contribution in [3.05, 3.63) is 44.6 Å². The highest BCUT2D eigenvalue weighted by molar-refractivity contribution is 8.04. The number of rotatable bonds is 6. The molecule has 1 aliphatic heterocycles. The Morgan fingerprint density at radius 3 is 2.64 bits per heavy atom. The summed E-state index contributed by atoms with van der Waals surface area (Å²) in [7, 11) is 2.03. The first kappa shape index (κ1) is 19.8. The molecule has 1 aliphatic rings. The molecule has 28 heavy (non-hydrogen) atoms. The van der Waals surface area contributed by atoms with E-state index in [0.717, 1.165) is 43.6 Å². The van der Waals surface area contributed by atoms with E-state index in [4.69, 9.17) is 0 Å². The van der Waals surface area contributed by atoms with Crippen LogP contribution in [0.2, 0.25) is 0 Å². The molecule has 0 bridgehead atoms. The maximum absolute atomic E-state index is 11.8. The minimum atomic E-state index is -1.15. The molecule has 3 rings (SSSR count). The Hall–Kier alpha value is -2.92. The van der Waals surface area contributed by atoms with E-state index in [1.54, 1.807) is 13.0 Å². The van der Waals surface area contributed by atoms with Gasteiger partial charge in [0, 0.05) is 49.6 Å². The Morgan fingerprint density at radius 2 is 2.07 bits per heavy atom. The molecule has 2 N–H and O–H groups in total. The van der Waals surface area contributed by atoms with Crippen LogP contribution in [0.25, 0.3) is 6.08 Å². The molecule has 0 saturated carbocycles. The van der Waals surface area contributed by atoms with Crippen LogP contribution in [0.4, 0.5) is 11.4 Å². The lowest BCUT2D eigenvalue weighted by Crippen LogP contribution is -2.44. The Labute approximate surface area is 165 Å². The first-order valence-electron chi connectivity index (χ1n) is 8.57. The number of hydrogen-bond donors (Lipinski definition) is 2. The molecule has 1 fully saturated rings. The topological polar surface area (TPSA) is 128 Å². The number of aromatic nitrogens is 3. The summed E-state index contributed by atoms with van der Waals surface area (Å²) in [5.74, 6) is -0.580. The molecule has 10 nitrogen and oxygen atoms in total. The number of carboxylic acid groups (broad SMARTS) is 1. The third-order valence-corrected chi connectivity index (χ3v) is 5.22. The largest absolute Gasteiger partial charge is 0.477 e. The summed E-state index contributed by atoms with van der Waals surface area (Å²) < 4.78 is 0. The predicted octanol–water partition coefficient (Wildman–Crippen LogP) is 1.99. The van der Waals surface area contributed by atoms with Crippen molar-refractivity contribution < 1.29 is 14.8 Å². The van der Waals surface area contributed by atoms with Crippen molar-refractivity contribution in [3.63, 3.8) is 0 Å². The maximum Gasteiger partial charge on any atom is 0.342 e. The molecule has 0 unspecified atom stereocenters. The number of benzene rings is 1. The van der Waals surface area contributed by atoms with Gasteiger partial charge in [0.15, 0.2) is 0 Å². The number of H-pyrrole nitrogens is 1. The molecule has 2 heterocycles. The minimum Gasteiger partial charge on any atom is -0.477 e. The van der Waals surface area contributed by atoms with Crippen LogP contribution in [0.5, 0.6) is 0 Å². The van der Waals surface area contributed by atoms with Gasteiger partial charge in [0.25, 0.3) is 5.69 Å². The zero-order chi connectivity index (χ0) is 20.3. The fourth-order valence-corrected chi connectivity index (χ4v) is 3.59. The third kappa shape index (κ3) is 4.67. The number of nitro benzene ring substituents is 1. The predicted molar refractivity (Wildman–Crippen MR) is 105 cm³/mol. The summed E-state index contributed by atoms with van der Waals surface area (Å²) in [6, 6.07) is 4.52. The summed E-state index contributed by atoms with van der Waals surface area (Å²) in [4.78, 5) is 30.9. The van der Waals surface area contributed by atoms with Crippen molar-refractivity contribution in [2.75, 3.05) is 38.1 Å². The monoisotopic (exact) mass is 404 g/mol. The van der Waals surface area contributed by atoms with Crippen LogP contribution in [0.1, 0.15) is 11.4 Å². The second kappa shape index (κ2) is 8.40. The highest BCUT2D eigenvalue weighted by Crippen LogP contribution is 2.32. The molecule has 2 aromatic rings. The number of piperazine rings is 1. The maximum atomic E-state index is 11.8. The zero-order valence-corrected chi connectivity index (χ0v) is 16.3. The molecule has 0 amide bonds. The normalized spacial score (nSPS) is 15.6. The number of non-ortho nitro benzene ring substituents is 1. The molecule has 0 aliphatic carbocycles. The summed E-state index contributed by atoms with van der Waals surface area (Å²) >= 11 is 0.894. The van der Waals surface area contributed by atoms with E-state index in [0.29, 0.717) is 11.4 Å². The number of nitro groups is 1. The van der Waals surface area contributed by atoms with Crippen molar-refractivity contribution in [3.8, 4) is 0 Å². The number of nitrogens with zero attached hydrogens (tertiary/aromatic N) is 5. The van der Waals surface area contributed by atoms with Crippen LogP contribution in [0.3, 0.4) is 0 Å². The number of thioether (sulfide) groups is 1. The van der Waals surface area contributed by atoms with Gasteiger partial charge in [-0.15, -0.1) is 5.10 Å². The summed E-state index contributed by atoms with van der Waals surface area (Å²) in [6.45, 7) is 4.94. The van der Waals surface area contributed by atoms with Gasteiger partial charge in [0.1, 0.15) is 10.7 Å².